The molecule has 2 rings (SSSR count). The maximum absolute atomic E-state index is 11.3. The van der Waals surface area contributed by atoms with Crippen LogP contribution in [0.1, 0.15) is 12.0 Å². The van der Waals surface area contributed by atoms with Crippen LogP contribution in [0.4, 0.5) is 0 Å². The molecular weight excluding hydrogens is 264 g/mol. The lowest BCUT2D eigenvalue weighted by atomic mass is 10.2. The van der Waals surface area contributed by atoms with Crippen molar-refractivity contribution in [2.24, 2.45) is 0 Å². The molecule has 0 saturated carbocycles. The Morgan fingerprint density at radius 1 is 1.47 bits per heavy atom. The van der Waals surface area contributed by atoms with Crippen LogP contribution in [0.3, 0.4) is 0 Å². The summed E-state index contributed by atoms with van der Waals surface area (Å²) in [5.74, 6) is 0.681. The molecule has 1 heterocycles. The Morgan fingerprint density at radius 3 is 2.76 bits per heavy atom. The van der Waals surface area contributed by atoms with Gasteiger partial charge in [0.2, 0.25) is 0 Å². The van der Waals surface area contributed by atoms with E-state index in [-0.39, 0.29) is 24.2 Å². The molecule has 1 aromatic carbocycles. The molecule has 0 aromatic heterocycles. The molecule has 0 spiro atoms. The van der Waals surface area contributed by atoms with Crippen LogP contribution in [0, 0.1) is 0 Å². The average Bonchev–Trinajstić information content (AvgIpc) is 2.61. The third-order valence-electron chi connectivity index (χ3n) is 2.66. The van der Waals surface area contributed by atoms with Gasteiger partial charge in [0, 0.05) is 0 Å². The van der Waals surface area contributed by atoms with Gasteiger partial charge in [0.15, 0.2) is 9.84 Å². The first-order valence-corrected chi connectivity index (χ1v) is 7.46. The molecule has 4 nitrogen and oxygen atoms in total. The number of aliphatic hydroxyl groups is 1. The van der Waals surface area contributed by atoms with Crippen LogP contribution >= 0.6 is 11.6 Å². The smallest absolute Gasteiger partial charge is 0.154 e. The third-order valence-corrected chi connectivity index (χ3v) is 4.70. The quantitative estimate of drug-likeness (QED) is 0.906. The lowest BCUT2D eigenvalue weighted by molar-refractivity contribution is 0.228. The van der Waals surface area contributed by atoms with Crippen LogP contribution < -0.4 is 4.74 Å². The molecule has 1 aromatic rings. The Kier molecular flexibility index (Phi) is 3.61. The van der Waals surface area contributed by atoms with Crippen molar-refractivity contribution >= 4 is 21.4 Å². The maximum atomic E-state index is 11.3. The fourth-order valence-corrected chi connectivity index (χ4v) is 3.61. The van der Waals surface area contributed by atoms with Gasteiger partial charge >= 0.3 is 0 Å². The van der Waals surface area contributed by atoms with Crippen molar-refractivity contribution in [2.45, 2.75) is 19.1 Å². The van der Waals surface area contributed by atoms with Crippen LogP contribution in [-0.4, -0.2) is 31.1 Å². The molecule has 0 radical (unpaired) electrons. The molecule has 0 amide bonds. The van der Waals surface area contributed by atoms with Crippen molar-refractivity contribution in [3.63, 3.8) is 0 Å². The summed E-state index contributed by atoms with van der Waals surface area (Å²) in [5, 5.41) is 9.32. The second-order valence-corrected chi connectivity index (χ2v) is 6.70. The zero-order valence-electron chi connectivity index (χ0n) is 9.10. The van der Waals surface area contributed by atoms with Gasteiger partial charge in [-0.1, -0.05) is 17.7 Å². The summed E-state index contributed by atoms with van der Waals surface area (Å²) in [6, 6.07) is 4.96. The Morgan fingerprint density at radius 2 is 2.24 bits per heavy atom. The van der Waals surface area contributed by atoms with E-state index in [2.05, 4.69) is 0 Å². The zero-order valence-corrected chi connectivity index (χ0v) is 10.7. The molecule has 1 unspecified atom stereocenters. The summed E-state index contributed by atoms with van der Waals surface area (Å²) in [6.07, 6.45) is 0.179. The van der Waals surface area contributed by atoms with E-state index in [1.54, 1.807) is 18.2 Å². The van der Waals surface area contributed by atoms with Crippen molar-refractivity contribution in [3.05, 3.63) is 28.8 Å². The van der Waals surface area contributed by atoms with Gasteiger partial charge in [-0.3, -0.25) is 0 Å². The van der Waals surface area contributed by atoms with E-state index in [9.17, 15) is 8.42 Å². The summed E-state index contributed by atoms with van der Waals surface area (Å²) >= 11 is 5.97. The highest BCUT2D eigenvalue weighted by Crippen LogP contribution is 2.28. The lowest BCUT2D eigenvalue weighted by Gasteiger charge is -2.13. The van der Waals surface area contributed by atoms with Crippen molar-refractivity contribution in [3.8, 4) is 5.75 Å². The number of halogens is 1. The van der Waals surface area contributed by atoms with E-state index in [0.717, 1.165) is 0 Å². The molecule has 1 aliphatic heterocycles. The van der Waals surface area contributed by atoms with E-state index in [1.165, 1.54) is 0 Å². The van der Waals surface area contributed by atoms with Gasteiger partial charge in [-0.15, -0.1) is 0 Å². The number of sulfone groups is 1. The van der Waals surface area contributed by atoms with E-state index in [0.29, 0.717) is 22.8 Å². The van der Waals surface area contributed by atoms with Crippen molar-refractivity contribution in [1.82, 2.24) is 0 Å². The number of ether oxygens (including phenoxy) is 1. The summed E-state index contributed by atoms with van der Waals surface area (Å²) < 4.78 is 28.1. The standard InChI is InChI=1S/C11H13ClO4S/c12-10-5-8(6-13)1-2-11(10)16-9-3-4-17(14,15)7-9/h1-2,5,9,13H,3-4,6-7H2. The molecule has 1 N–H and O–H groups in total. The summed E-state index contributed by atoms with van der Waals surface area (Å²) in [5.41, 5.74) is 0.696. The molecule has 1 saturated heterocycles. The first-order valence-electron chi connectivity index (χ1n) is 5.26. The average molecular weight is 277 g/mol. The van der Waals surface area contributed by atoms with Crippen molar-refractivity contribution in [1.29, 1.82) is 0 Å². The van der Waals surface area contributed by atoms with Crippen LogP contribution in [-0.2, 0) is 16.4 Å². The van der Waals surface area contributed by atoms with Gasteiger partial charge in [-0.2, -0.15) is 0 Å². The minimum Gasteiger partial charge on any atom is -0.488 e. The molecule has 0 bridgehead atoms. The third kappa shape index (κ3) is 3.12. The van der Waals surface area contributed by atoms with Gasteiger partial charge in [0.1, 0.15) is 11.9 Å². The molecule has 94 valence electrons. The van der Waals surface area contributed by atoms with Crippen LogP contribution in [0.2, 0.25) is 5.02 Å². The molecular formula is C11H13ClO4S. The van der Waals surface area contributed by atoms with Gasteiger partial charge in [-0.05, 0) is 24.1 Å². The first kappa shape index (κ1) is 12.7. The normalized spacial score (nSPS) is 22.6. The highest BCUT2D eigenvalue weighted by molar-refractivity contribution is 7.91. The second kappa shape index (κ2) is 4.84. The van der Waals surface area contributed by atoms with E-state index < -0.39 is 9.84 Å². The topological polar surface area (TPSA) is 63.6 Å². The minimum absolute atomic E-state index is 0.0467. The number of rotatable bonds is 3. The maximum Gasteiger partial charge on any atom is 0.154 e. The highest BCUT2D eigenvalue weighted by atomic mass is 35.5. The van der Waals surface area contributed by atoms with Gasteiger partial charge in [0.25, 0.3) is 0 Å². The Balaban J connectivity index is 2.09. The summed E-state index contributed by atoms with van der Waals surface area (Å²) in [4.78, 5) is 0. The molecule has 17 heavy (non-hydrogen) atoms. The van der Waals surface area contributed by atoms with Gasteiger partial charge < -0.3 is 9.84 Å². The van der Waals surface area contributed by atoms with E-state index in [4.69, 9.17) is 21.4 Å². The fourth-order valence-electron chi connectivity index (χ4n) is 1.77. The first-order chi connectivity index (χ1) is 8.00. The predicted octanol–water partition coefficient (Wildman–Crippen LogP) is 1.40. The molecule has 6 heteroatoms. The second-order valence-electron chi connectivity index (χ2n) is 4.07. The molecule has 1 atom stereocenters. The summed E-state index contributed by atoms with van der Waals surface area (Å²) in [6.45, 7) is -0.0855. The summed E-state index contributed by atoms with van der Waals surface area (Å²) in [7, 11) is -2.95. The number of hydrogen-bond donors (Lipinski definition) is 1. The zero-order chi connectivity index (χ0) is 12.5. The van der Waals surface area contributed by atoms with Gasteiger partial charge in [0.05, 0.1) is 23.1 Å². The largest absolute Gasteiger partial charge is 0.488 e. The Bertz CT molecular complexity index is 512. The number of hydrogen-bond acceptors (Lipinski definition) is 4. The van der Waals surface area contributed by atoms with Crippen molar-refractivity contribution in [2.75, 3.05) is 11.5 Å². The molecule has 1 fully saturated rings. The number of benzene rings is 1. The number of aliphatic hydroxyl groups excluding tert-OH is 1. The molecule has 0 aliphatic carbocycles. The predicted molar refractivity (Wildman–Crippen MR) is 65.1 cm³/mol. The van der Waals surface area contributed by atoms with Gasteiger partial charge in [-0.25, -0.2) is 8.42 Å². The SMILES string of the molecule is O=S1(=O)CCC(Oc2ccc(CO)cc2Cl)C1. The molecule has 1 aliphatic rings. The Hall–Kier alpha value is -0.780. The Labute approximate surface area is 105 Å². The van der Waals surface area contributed by atoms with Crippen molar-refractivity contribution < 1.29 is 18.3 Å². The van der Waals surface area contributed by atoms with E-state index >= 15 is 0 Å². The highest BCUT2D eigenvalue weighted by Gasteiger charge is 2.29. The minimum atomic E-state index is -2.95. The monoisotopic (exact) mass is 276 g/mol. The van der Waals surface area contributed by atoms with Crippen LogP contribution in [0.5, 0.6) is 5.75 Å². The van der Waals surface area contributed by atoms with Crippen LogP contribution in [0.15, 0.2) is 18.2 Å². The fraction of sp³-hybridized carbons (Fsp3) is 0.455. The van der Waals surface area contributed by atoms with Crippen LogP contribution in [0.25, 0.3) is 0 Å². The van der Waals surface area contributed by atoms with E-state index in [1.807, 2.05) is 0 Å². The lowest BCUT2D eigenvalue weighted by Crippen LogP contribution is -2.17.